The van der Waals surface area contributed by atoms with Crippen LogP contribution in [-0.4, -0.2) is 48.0 Å². The largest absolute Gasteiger partial charge is 0.467 e. The van der Waals surface area contributed by atoms with Crippen LogP contribution in [0.2, 0.25) is 0 Å². The van der Waals surface area contributed by atoms with E-state index in [4.69, 9.17) is 4.42 Å². The summed E-state index contributed by atoms with van der Waals surface area (Å²) in [6.07, 6.45) is 4.05. The van der Waals surface area contributed by atoms with E-state index in [-0.39, 0.29) is 5.91 Å². The van der Waals surface area contributed by atoms with Crippen LogP contribution in [0.4, 0.5) is 5.82 Å². The van der Waals surface area contributed by atoms with Gasteiger partial charge in [0.25, 0.3) is 0 Å². The maximum atomic E-state index is 12.1. The van der Waals surface area contributed by atoms with Gasteiger partial charge in [-0.25, -0.2) is 9.97 Å². The second-order valence-corrected chi connectivity index (χ2v) is 5.83. The van der Waals surface area contributed by atoms with Crippen molar-refractivity contribution in [3.05, 3.63) is 41.7 Å². The average Bonchev–Trinajstić information content (AvgIpc) is 3.05. The predicted molar refractivity (Wildman–Crippen MR) is 85.9 cm³/mol. The van der Waals surface area contributed by atoms with Crippen molar-refractivity contribution in [1.29, 1.82) is 0 Å². The zero-order chi connectivity index (χ0) is 16.2. The molecule has 0 radical (unpaired) electrons. The van der Waals surface area contributed by atoms with Gasteiger partial charge in [-0.15, -0.1) is 0 Å². The SMILES string of the molecule is CN(C)c1ncnc2c1CN(CC(=O)NCc1ccco1)CC2. The highest BCUT2D eigenvalue weighted by atomic mass is 16.3. The van der Waals surface area contributed by atoms with Gasteiger partial charge >= 0.3 is 0 Å². The maximum absolute atomic E-state index is 12.1. The van der Waals surface area contributed by atoms with Gasteiger partial charge in [0.05, 0.1) is 25.0 Å². The zero-order valence-corrected chi connectivity index (χ0v) is 13.5. The number of carbonyl (C=O) groups is 1. The molecule has 1 amide bonds. The summed E-state index contributed by atoms with van der Waals surface area (Å²) < 4.78 is 5.21. The lowest BCUT2D eigenvalue weighted by Crippen LogP contribution is -2.40. The van der Waals surface area contributed by atoms with Crippen LogP contribution in [0.5, 0.6) is 0 Å². The van der Waals surface area contributed by atoms with Crippen molar-refractivity contribution < 1.29 is 9.21 Å². The molecule has 2 aromatic heterocycles. The molecule has 23 heavy (non-hydrogen) atoms. The number of hydrogen-bond acceptors (Lipinski definition) is 6. The van der Waals surface area contributed by atoms with Gasteiger partial charge in [0, 0.05) is 39.2 Å². The van der Waals surface area contributed by atoms with E-state index in [1.807, 2.05) is 31.1 Å². The summed E-state index contributed by atoms with van der Waals surface area (Å²) >= 11 is 0. The second-order valence-electron chi connectivity index (χ2n) is 5.83. The third-order valence-electron chi connectivity index (χ3n) is 3.89. The van der Waals surface area contributed by atoms with Gasteiger partial charge in [-0.3, -0.25) is 9.69 Å². The standard InChI is InChI=1S/C16H21N5O2/c1-20(2)16-13-9-21(6-5-14(13)18-11-19-16)10-15(22)17-8-12-4-3-7-23-12/h3-4,7,11H,5-6,8-10H2,1-2H3,(H,17,22). The molecule has 0 atom stereocenters. The first-order chi connectivity index (χ1) is 11.1. The van der Waals surface area contributed by atoms with Gasteiger partial charge < -0.3 is 14.6 Å². The van der Waals surface area contributed by atoms with Crippen molar-refractivity contribution in [3.63, 3.8) is 0 Å². The lowest BCUT2D eigenvalue weighted by molar-refractivity contribution is -0.122. The van der Waals surface area contributed by atoms with Crippen LogP contribution in [0.15, 0.2) is 29.1 Å². The summed E-state index contributed by atoms with van der Waals surface area (Å²) in [6.45, 7) is 2.30. The smallest absolute Gasteiger partial charge is 0.234 e. The molecule has 0 saturated heterocycles. The van der Waals surface area contributed by atoms with Gasteiger partial charge in [-0.1, -0.05) is 0 Å². The Bertz CT molecular complexity index is 669. The van der Waals surface area contributed by atoms with Crippen LogP contribution in [-0.2, 0) is 24.3 Å². The first-order valence-electron chi connectivity index (χ1n) is 7.65. The quantitative estimate of drug-likeness (QED) is 0.880. The average molecular weight is 315 g/mol. The minimum Gasteiger partial charge on any atom is -0.467 e. The van der Waals surface area contributed by atoms with E-state index < -0.39 is 0 Å². The van der Waals surface area contributed by atoms with Crippen molar-refractivity contribution in [3.8, 4) is 0 Å². The summed E-state index contributed by atoms with van der Waals surface area (Å²) in [5, 5.41) is 2.88. The molecule has 0 saturated carbocycles. The highest BCUT2D eigenvalue weighted by molar-refractivity contribution is 5.78. The van der Waals surface area contributed by atoms with Crippen LogP contribution in [0.3, 0.4) is 0 Å². The summed E-state index contributed by atoms with van der Waals surface area (Å²) in [4.78, 5) is 24.9. The fourth-order valence-electron chi connectivity index (χ4n) is 2.76. The van der Waals surface area contributed by atoms with E-state index in [9.17, 15) is 4.79 Å². The van der Waals surface area contributed by atoms with Gasteiger partial charge in [0.1, 0.15) is 17.9 Å². The van der Waals surface area contributed by atoms with Crippen LogP contribution in [0.25, 0.3) is 0 Å². The lowest BCUT2D eigenvalue weighted by Gasteiger charge is -2.29. The van der Waals surface area contributed by atoms with Crippen LogP contribution in [0, 0.1) is 0 Å². The number of nitrogens with zero attached hydrogens (tertiary/aromatic N) is 4. The second kappa shape index (κ2) is 6.78. The zero-order valence-electron chi connectivity index (χ0n) is 13.5. The molecule has 0 spiro atoms. The van der Waals surface area contributed by atoms with Crippen molar-refractivity contribution in [2.75, 3.05) is 32.1 Å². The Morgan fingerprint density at radius 1 is 1.43 bits per heavy atom. The first kappa shape index (κ1) is 15.5. The summed E-state index contributed by atoms with van der Waals surface area (Å²) in [5.41, 5.74) is 2.19. The Labute approximate surface area is 135 Å². The fraction of sp³-hybridized carbons (Fsp3) is 0.438. The van der Waals surface area contributed by atoms with Gasteiger partial charge in [-0.2, -0.15) is 0 Å². The molecule has 1 N–H and O–H groups in total. The van der Waals surface area contributed by atoms with Crippen molar-refractivity contribution >= 4 is 11.7 Å². The van der Waals surface area contributed by atoms with Crippen molar-refractivity contribution in [2.45, 2.75) is 19.5 Å². The Kier molecular flexibility index (Phi) is 4.57. The molecule has 3 heterocycles. The van der Waals surface area contributed by atoms with Crippen molar-refractivity contribution in [1.82, 2.24) is 20.2 Å². The van der Waals surface area contributed by atoms with E-state index in [2.05, 4.69) is 20.2 Å². The molecule has 1 aliphatic heterocycles. The molecular formula is C16H21N5O2. The monoisotopic (exact) mass is 315 g/mol. The summed E-state index contributed by atoms with van der Waals surface area (Å²) in [6, 6.07) is 3.66. The molecule has 0 aliphatic carbocycles. The van der Waals surface area contributed by atoms with Crippen LogP contribution >= 0.6 is 0 Å². The molecular weight excluding hydrogens is 294 g/mol. The first-order valence-corrected chi connectivity index (χ1v) is 7.65. The molecule has 0 fully saturated rings. The van der Waals surface area contributed by atoms with Gasteiger partial charge in [0.2, 0.25) is 5.91 Å². The third kappa shape index (κ3) is 3.68. The molecule has 7 nitrogen and oxygen atoms in total. The number of carbonyl (C=O) groups excluding carboxylic acids is 1. The highest BCUT2D eigenvalue weighted by Crippen LogP contribution is 2.24. The molecule has 0 aromatic carbocycles. The van der Waals surface area contributed by atoms with Crippen LogP contribution < -0.4 is 10.2 Å². The van der Waals surface area contributed by atoms with E-state index >= 15 is 0 Å². The number of furan rings is 1. The summed E-state index contributed by atoms with van der Waals surface area (Å²) in [7, 11) is 3.94. The Morgan fingerprint density at radius 2 is 2.30 bits per heavy atom. The third-order valence-corrected chi connectivity index (χ3v) is 3.89. The Morgan fingerprint density at radius 3 is 3.04 bits per heavy atom. The van der Waals surface area contributed by atoms with E-state index in [0.29, 0.717) is 19.6 Å². The predicted octanol–water partition coefficient (Wildman–Crippen LogP) is 0.810. The molecule has 0 unspecified atom stereocenters. The normalized spacial score (nSPS) is 14.3. The highest BCUT2D eigenvalue weighted by Gasteiger charge is 2.23. The van der Waals surface area contributed by atoms with E-state index in [0.717, 1.165) is 35.8 Å². The molecule has 0 bridgehead atoms. The van der Waals surface area contributed by atoms with E-state index in [1.54, 1.807) is 12.6 Å². The van der Waals surface area contributed by atoms with E-state index in [1.165, 1.54) is 0 Å². The number of anilines is 1. The van der Waals surface area contributed by atoms with Gasteiger partial charge in [0.15, 0.2) is 0 Å². The summed E-state index contributed by atoms with van der Waals surface area (Å²) in [5.74, 6) is 1.68. The lowest BCUT2D eigenvalue weighted by atomic mass is 10.1. The number of hydrogen-bond donors (Lipinski definition) is 1. The maximum Gasteiger partial charge on any atom is 0.234 e. The number of nitrogens with one attached hydrogen (secondary N) is 1. The molecule has 3 rings (SSSR count). The number of amides is 1. The number of aromatic nitrogens is 2. The molecule has 1 aliphatic rings. The topological polar surface area (TPSA) is 74.5 Å². The minimum atomic E-state index is -0.00639. The molecule has 122 valence electrons. The number of fused-ring (bicyclic) bond motifs is 1. The van der Waals surface area contributed by atoms with Crippen molar-refractivity contribution in [2.24, 2.45) is 0 Å². The van der Waals surface area contributed by atoms with Crippen LogP contribution in [0.1, 0.15) is 17.0 Å². The molecule has 7 heteroatoms. The Hall–Kier alpha value is -2.41. The Balaban J connectivity index is 1.59. The fourth-order valence-corrected chi connectivity index (χ4v) is 2.76. The minimum absolute atomic E-state index is 0.00639. The van der Waals surface area contributed by atoms with Gasteiger partial charge in [-0.05, 0) is 12.1 Å². The molecule has 2 aromatic rings. The number of rotatable bonds is 5.